The average molecular weight is 221 g/mol. The normalized spacial score (nSPS) is 25.3. The Labute approximate surface area is 94.2 Å². The van der Waals surface area contributed by atoms with Crippen LogP contribution < -0.4 is 5.32 Å². The van der Waals surface area contributed by atoms with Gasteiger partial charge in [0.25, 0.3) is 0 Å². The van der Waals surface area contributed by atoms with Crippen LogP contribution >= 0.6 is 0 Å². The molecule has 2 unspecified atom stereocenters. The van der Waals surface area contributed by atoms with Gasteiger partial charge in [-0.2, -0.15) is 0 Å². The molecule has 2 rings (SSSR count). The Balaban J connectivity index is 1.99. The van der Waals surface area contributed by atoms with Crippen LogP contribution in [0.5, 0.6) is 0 Å². The number of hydrogen-bond donors (Lipinski definition) is 2. The molecule has 2 N–H and O–H groups in total. The van der Waals surface area contributed by atoms with E-state index < -0.39 is 12.0 Å². The lowest BCUT2D eigenvalue weighted by atomic mass is 10.1. The molecule has 1 heterocycles. The lowest BCUT2D eigenvalue weighted by Crippen LogP contribution is -2.47. The van der Waals surface area contributed by atoms with Crippen molar-refractivity contribution in [2.75, 3.05) is 13.2 Å². The van der Waals surface area contributed by atoms with Crippen molar-refractivity contribution in [3.63, 3.8) is 0 Å². The summed E-state index contributed by atoms with van der Waals surface area (Å²) >= 11 is 0. The molecule has 0 spiro atoms. The molecule has 1 aromatic carbocycles. The molecule has 1 aliphatic rings. The molecule has 0 aliphatic carbocycles. The average Bonchev–Trinajstić information content (AvgIpc) is 2.30. The van der Waals surface area contributed by atoms with E-state index >= 15 is 0 Å². The highest BCUT2D eigenvalue weighted by Crippen LogP contribution is 2.20. The molecule has 16 heavy (non-hydrogen) atoms. The second-order valence-corrected chi connectivity index (χ2v) is 4.03. The van der Waals surface area contributed by atoms with Gasteiger partial charge >= 0.3 is 5.97 Å². The zero-order valence-corrected chi connectivity index (χ0v) is 9.14. The number of carboxylic acid groups (broad SMARTS) is 1. The summed E-state index contributed by atoms with van der Waals surface area (Å²) < 4.78 is 5.53. The van der Waals surface area contributed by atoms with Gasteiger partial charge in [-0.1, -0.05) is 29.8 Å². The summed E-state index contributed by atoms with van der Waals surface area (Å²) in [5, 5.41) is 11.7. The summed E-state index contributed by atoms with van der Waals surface area (Å²) in [5.41, 5.74) is 2.29. The fourth-order valence-electron chi connectivity index (χ4n) is 1.73. The predicted molar refractivity (Wildman–Crippen MR) is 59.3 cm³/mol. The van der Waals surface area contributed by atoms with Crippen molar-refractivity contribution < 1.29 is 14.6 Å². The molecule has 86 valence electrons. The fourth-order valence-corrected chi connectivity index (χ4v) is 1.73. The Kier molecular flexibility index (Phi) is 3.22. The van der Waals surface area contributed by atoms with Crippen molar-refractivity contribution in [1.82, 2.24) is 5.32 Å². The van der Waals surface area contributed by atoms with Crippen molar-refractivity contribution >= 4 is 5.97 Å². The predicted octanol–water partition coefficient (Wildman–Crippen LogP) is 1.11. The molecule has 0 bridgehead atoms. The first-order valence-corrected chi connectivity index (χ1v) is 5.31. The van der Waals surface area contributed by atoms with Crippen LogP contribution in [0.4, 0.5) is 0 Å². The van der Waals surface area contributed by atoms with Crippen LogP contribution in [-0.4, -0.2) is 30.3 Å². The summed E-state index contributed by atoms with van der Waals surface area (Å²) in [5.74, 6) is -0.859. The first-order chi connectivity index (χ1) is 7.66. The van der Waals surface area contributed by atoms with Gasteiger partial charge in [-0.25, -0.2) is 0 Å². The first kappa shape index (κ1) is 11.1. The molecule has 1 aliphatic heterocycles. The minimum atomic E-state index is -0.859. The van der Waals surface area contributed by atoms with E-state index in [9.17, 15) is 4.79 Å². The number of morpholine rings is 1. The van der Waals surface area contributed by atoms with E-state index in [0.29, 0.717) is 6.54 Å². The SMILES string of the molecule is Cc1ccc(C2CNC(C(=O)O)CO2)cc1. The van der Waals surface area contributed by atoms with Crippen LogP contribution in [0, 0.1) is 6.92 Å². The quantitative estimate of drug-likeness (QED) is 0.785. The molecule has 0 saturated carbocycles. The Morgan fingerprint density at radius 3 is 2.62 bits per heavy atom. The molecule has 0 aromatic heterocycles. The number of carboxylic acids is 1. The largest absolute Gasteiger partial charge is 0.480 e. The van der Waals surface area contributed by atoms with Gasteiger partial charge in [0.15, 0.2) is 0 Å². The second kappa shape index (κ2) is 4.63. The van der Waals surface area contributed by atoms with E-state index in [1.54, 1.807) is 0 Å². The van der Waals surface area contributed by atoms with Gasteiger partial charge in [-0.15, -0.1) is 0 Å². The third-order valence-electron chi connectivity index (χ3n) is 2.76. The van der Waals surface area contributed by atoms with Gasteiger partial charge in [-0.3, -0.25) is 10.1 Å². The van der Waals surface area contributed by atoms with Gasteiger partial charge in [0.1, 0.15) is 6.04 Å². The van der Waals surface area contributed by atoms with Crippen molar-refractivity contribution in [2.45, 2.75) is 19.1 Å². The third kappa shape index (κ3) is 2.40. The number of aryl methyl sites for hydroxylation is 1. The highest BCUT2D eigenvalue weighted by Gasteiger charge is 2.26. The summed E-state index contributed by atoms with van der Waals surface area (Å²) in [6.45, 7) is 2.79. The van der Waals surface area contributed by atoms with Gasteiger partial charge in [-0.05, 0) is 12.5 Å². The van der Waals surface area contributed by atoms with Gasteiger partial charge in [0.05, 0.1) is 12.7 Å². The second-order valence-electron chi connectivity index (χ2n) is 4.03. The lowest BCUT2D eigenvalue weighted by molar-refractivity contribution is -0.144. The van der Waals surface area contributed by atoms with E-state index in [-0.39, 0.29) is 12.7 Å². The van der Waals surface area contributed by atoms with Crippen LogP contribution in [0.2, 0.25) is 0 Å². The Hall–Kier alpha value is -1.39. The summed E-state index contributed by atoms with van der Waals surface area (Å²) in [6, 6.07) is 7.51. The molecule has 4 heteroatoms. The van der Waals surface area contributed by atoms with E-state index in [2.05, 4.69) is 5.32 Å². The van der Waals surface area contributed by atoms with E-state index in [4.69, 9.17) is 9.84 Å². The van der Waals surface area contributed by atoms with Gasteiger partial charge < -0.3 is 9.84 Å². The molecule has 1 aromatic rings. The van der Waals surface area contributed by atoms with E-state index in [1.807, 2.05) is 31.2 Å². The Morgan fingerprint density at radius 1 is 1.44 bits per heavy atom. The molecule has 1 fully saturated rings. The molecular weight excluding hydrogens is 206 g/mol. The Bertz CT molecular complexity index is 366. The summed E-state index contributed by atoms with van der Waals surface area (Å²) in [6.07, 6.45) is -0.0452. The monoisotopic (exact) mass is 221 g/mol. The number of carbonyl (C=O) groups is 1. The highest BCUT2D eigenvalue weighted by atomic mass is 16.5. The molecular formula is C12H15NO3. The number of ether oxygens (including phenoxy) is 1. The number of benzene rings is 1. The lowest BCUT2D eigenvalue weighted by Gasteiger charge is -2.28. The maximum absolute atomic E-state index is 10.7. The standard InChI is InChI=1S/C12H15NO3/c1-8-2-4-9(5-3-8)11-6-13-10(7-16-11)12(14)15/h2-5,10-11,13H,6-7H2,1H3,(H,14,15). The van der Waals surface area contributed by atoms with Crippen molar-refractivity contribution in [2.24, 2.45) is 0 Å². The maximum atomic E-state index is 10.7. The molecule has 0 amide bonds. The zero-order chi connectivity index (χ0) is 11.5. The van der Waals surface area contributed by atoms with Crippen LogP contribution in [0.15, 0.2) is 24.3 Å². The summed E-state index contributed by atoms with van der Waals surface area (Å²) in [7, 11) is 0. The molecule has 1 saturated heterocycles. The molecule has 4 nitrogen and oxygen atoms in total. The Morgan fingerprint density at radius 2 is 2.12 bits per heavy atom. The zero-order valence-electron chi connectivity index (χ0n) is 9.14. The van der Waals surface area contributed by atoms with Crippen LogP contribution in [0.3, 0.4) is 0 Å². The summed E-state index contributed by atoms with van der Waals surface area (Å²) in [4.78, 5) is 10.7. The van der Waals surface area contributed by atoms with Gasteiger partial charge in [0.2, 0.25) is 0 Å². The minimum absolute atomic E-state index is 0.0452. The van der Waals surface area contributed by atoms with Crippen molar-refractivity contribution in [3.05, 3.63) is 35.4 Å². The smallest absolute Gasteiger partial charge is 0.323 e. The highest BCUT2D eigenvalue weighted by molar-refractivity contribution is 5.73. The van der Waals surface area contributed by atoms with Crippen molar-refractivity contribution in [3.8, 4) is 0 Å². The molecule has 2 atom stereocenters. The first-order valence-electron chi connectivity index (χ1n) is 5.31. The van der Waals surface area contributed by atoms with Gasteiger partial charge in [0, 0.05) is 6.54 Å². The van der Waals surface area contributed by atoms with Crippen molar-refractivity contribution in [1.29, 1.82) is 0 Å². The third-order valence-corrected chi connectivity index (χ3v) is 2.76. The van der Waals surface area contributed by atoms with E-state index in [0.717, 1.165) is 5.56 Å². The van der Waals surface area contributed by atoms with Crippen LogP contribution in [-0.2, 0) is 9.53 Å². The fraction of sp³-hybridized carbons (Fsp3) is 0.417. The number of hydrogen-bond acceptors (Lipinski definition) is 3. The van der Waals surface area contributed by atoms with Crippen LogP contribution in [0.25, 0.3) is 0 Å². The number of rotatable bonds is 2. The van der Waals surface area contributed by atoms with E-state index in [1.165, 1.54) is 5.56 Å². The number of nitrogens with one attached hydrogen (secondary N) is 1. The van der Waals surface area contributed by atoms with Crippen LogP contribution in [0.1, 0.15) is 17.2 Å². The molecule has 0 radical (unpaired) electrons. The topological polar surface area (TPSA) is 58.6 Å². The maximum Gasteiger partial charge on any atom is 0.323 e. The number of aliphatic carboxylic acids is 1. The minimum Gasteiger partial charge on any atom is -0.480 e.